The first-order valence-corrected chi connectivity index (χ1v) is 17.4. The van der Waals surface area contributed by atoms with Crippen molar-refractivity contribution in [2.75, 3.05) is 0 Å². The Bertz CT molecular complexity index is 3080. The van der Waals surface area contributed by atoms with Crippen LogP contribution in [-0.2, 0) is 0 Å². The molecule has 0 fully saturated rings. The highest BCUT2D eigenvalue weighted by Gasteiger charge is 2.21. The molecule has 0 saturated carbocycles. The van der Waals surface area contributed by atoms with Crippen LogP contribution in [0.4, 0.5) is 0 Å². The molecule has 5 heteroatoms. The largest absolute Gasteiger partial charge is 0.456 e. The summed E-state index contributed by atoms with van der Waals surface area (Å²) in [4.78, 5) is 8.97. The van der Waals surface area contributed by atoms with Crippen molar-refractivity contribution in [3.8, 4) is 11.4 Å². The van der Waals surface area contributed by atoms with Gasteiger partial charge in [0.05, 0.1) is 22.1 Å². The van der Waals surface area contributed by atoms with Gasteiger partial charge >= 0.3 is 0 Å². The molecule has 0 aliphatic rings. The van der Waals surface area contributed by atoms with E-state index in [4.69, 9.17) is 9.41 Å². The van der Waals surface area contributed by atoms with E-state index < -0.39 is 0 Å². The Hall–Kier alpha value is -6.98. The second-order valence-corrected chi connectivity index (χ2v) is 13.2. The van der Waals surface area contributed by atoms with Crippen molar-refractivity contribution in [1.29, 1.82) is 0 Å². The Kier molecular flexibility index (Phi) is 6.80. The number of furan rings is 1. The van der Waals surface area contributed by atoms with Gasteiger partial charge in [0.15, 0.2) is 5.84 Å². The van der Waals surface area contributed by atoms with Crippen molar-refractivity contribution in [3.63, 3.8) is 0 Å². The molecule has 246 valence electrons. The van der Waals surface area contributed by atoms with Gasteiger partial charge in [0.25, 0.3) is 0 Å². The van der Waals surface area contributed by atoms with E-state index in [2.05, 4.69) is 143 Å². The molecule has 5 nitrogen and oxygen atoms in total. The van der Waals surface area contributed by atoms with Gasteiger partial charge in [-0.15, -0.1) is 0 Å². The topological polar surface area (TPSA) is 47.7 Å². The lowest BCUT2D eigenvalue weighted by molar-refractivity contribution is 0.668. The summed E-state index contributed by atoms with van der Waals surface area (Å²) in [5.41, 5.74) is 11.5. The molecule has 3 heterocycles. The van der Waals surface area contributed by atoms with Crippen molar-refractivity contribution >= 4 is 83.7 Å². The molecule has 0 unspecified atom stereocenters. The third kappa shape index (κ3) is 4.56. The normalized spacial score (nSPS) is 12.6. The molecule has 0 aliphatic heterocycles. The summed E-state index contributed by atoms with van der Waals surface area (Å²) in [6, 6.07) is 55.4. The lowest BCUT2D eigenvalue weighted by Crippen LogP contribution is -1.95. The van der Waals surface area contributed by atoms with Gasteiger partial charge in [0.1, 0.15) is 11.2 Å². The molecule has 0 saturated heterocycles. The number of allylic oxidation sites excluding steroid dienone is 1. The summed E-state index contributed by atoms with van der Waals surface area (Å²) in [5, 5.41) is 7.08. The number of hydrogen-bond acceptors (Lipinski definition) is 2. The first kappa shape index (κ1) is 29.9. The number of amidine groups is 1. The Balaban J connectivity index is 1.26. The zero-order chi connectivity index (χ0) is 34.8. The lowest BCUT2D eigenvalue weighted by atomic mass is 10.0. The van der Waals surface area contributed by atoms with Gasteiger partial charge in [0.2, 0.25) is 0 Å². The SMILES string of the molecule is C=NC(=N/C=C(\C)c1ccc2c3c4c5ccccc5n(-c5ccccc5)c4ccc3n(-c3ccc4c(c3)oc3ccccc34)c2c1)c1ccccc1. The quantitative estimate of drug-likeness (QED) is 0.133. The number of aliphatic imine (C=N–C) groups is 2. The van der Waals surface area contributed by atoms with E-state index in [-0.39, 0.29) is 0 Å². The van der Waals surface area contributed by atoms with E-state index in [0.29, 0.717) is 5.84 Å². The molecule has 0 N–H and O–H groups in total. The molecule has 52 heavy (non-hydrogen) atoms. The second kappa shape index (κ2) is 11.8. The van der Waals surface area contributed by atoms with Crippen LogP contribution in [0.5, 0.6) is 0 Å². The third-order valence-corrected chi connectivity index (χ3v) is 10.2. The van der Waals surface area contributed by atoms with Gasteiger partial charge in [-0.25, -0.2) is 9.98 Å². The van der Waals surface area contributed by atoms with Crippen molar-refractivity contribution < 1.29 is 4.42 Å². The number of fused-ring (bicyclic) bond motifs is 10. The van der Waals surface area contributed by atoms with E-state index in [9.17, 15) is 0 Å². The van der Waals surface area contributed by atoms with E-state index in [1.54, 1.807) is 0 Å². The number of rotatable bonds is 5. The number of nitrogens with zero attached hydrogens (tertiary/aromatic N) is 4. The smallest absolute Gasteiger partial charge is 0.158 e. The van der Waals surface area contributed by atoms with Crippen LogP contribution in [0.25, 0.3) is 82.5 Å². The van der Waals surface area contributed by atoms with Crippen molar-refractivity contribution in [2.45, 2.75) is 6.92 Å². The second-order valence-electron chi connectivity index (χ2n) is 13.2. The Morgan fingerprint density at radius 2 is 1.13 bits per heavy atom. The standard InChI is InChI=1S/C47H32N4O/c1-30(29-49-47(48-2)31-13-5-3-6-14-31)32-21-23-38-42(27-32)51(34-22-24-36-35-17-10-12-20-43(35)52-44(36)28-34)41-26-25-40-45(46(38)41)37-18-9-11-19-39(37)50(40)33-15-7-4-8-16-33/h3-29H,2H2,1H3/b30-29+,49-47?. The number of benzene rings is 7. The summed E-state index contributed by atoms with van der Waals surface area (Å²) in [5.74, 6) is 0.589. The van der Waals surface area contributed by atoms with E-state index in [0.717, 1.165) is 61.0 Å². The predicted octanol–water partition coefficient (Wildman–Crippen LogP) is 12.3. The average molecular weight is 669 g/mol. The first-order valence-electron chi connectivity index (χ1n) is 17.4. The van der Waals surface area contributed by atoms with Gasteiger partial charge in [-0.1, -0.05) is 97.1 Å². The van der Waals surface area contributed by atoms with Crippen LogP contribution in [0.1, 0.15) is 18.1 Å². The van der Waals surface area contributed by atoms with Crippen LogP contribution in [-0.4, -0.2) is 21.7 Å². The molecule has 0 atom stereocenters. The zero-order valence-corrected chi connectivity index (χ0v) is 28.5. The van der Waals surface area contributed by atoms with Crippen LogP contribution < -0.4 is 0 Å². The van der Waals surface area contributed by atoms with Gasteiger partial charge in [-0.3, -0.25) is 0 Å². The van der Waals surface area contributed by atoms with Crippen molar-refractivity contribution in [3.05, 3.63) is 175 Å². The maximum Gasteiger partial charge on any atom is 0.158 e. The highest BCUT2D eigenvalue weighted by atomic mass is 16.3. The van der Waals surface area contributed by atoms with Crippen LogP contribution in [0, 0.1) is 0 Å². The van der Waals surface area contributed by atoms with Crippen LogP contribution in [0.2, 0.25) is 0 Å². The van der Waals surface area contributed by atoms with Crippen LogP contribution in [0.3, 0.4) is 0 Å². The lowest BCUT2D eigenvalue weighted by Gasteiger charge is -2.10. The summed E-state index contributed by atoms with van der Waals surface area (Å²) >= 11 is 0. The van der Waals surface area contributed by atoms with E-state index in [1.165, 1.54) is 32.6 Å². The van der Waals surface area contributed by atoms with Gasteiger partial charge in [0, 0.05) is 61.5 Å². The molecule has 7 aromatic carbocycles. The third-order valence-electron chi connectivity index (χ3n) is 10.2. The minimum absolute atomic E-state index is 0.589. The van der Waals surface area contributed by atoms with Crippen molar-refractivity contribution in [1.82, 2.24) is 9.13 Å². The number of para-hydroxylation sites is 3. The summed E-state index contributed by atoms with van der Waals surface area (Å²) in [6.45, 7) is 5.87. The first-order chi connectivity index (χ1) is 25.7. The highest BCUT2D eigenvalue weighted by Crippen LogP contribution is 2.43. The van der Waals surface area contributed by atoms with Gasteiger partial charge in [-0.05, 0) is 79.4 Å². The fourth-order valence-corrected chi connectivity index (χ4v) is 7.83. The van der Waals surface area contributed by atoms with E-state index >= 15 is 0 Å². The molecule has 0 bridgehead atoms. The van der Waals surface area contributed by atoms with Crippen LogP contribution in [0.15, 0.2) is 178 Å². The minimum Gasteiger partial charge on any atom is -0.456 e. The monoisotopic (exact) mass is 668 g/mol. The highest BCUT2D eigenvalue weighted by molar-refractivity contribution is 6.29. The Morgan fingerprint density at radius 3 is 1.90 bits per heavy atom. The summed E-state index contributed by atoms with van der Waals surface area (Å²) in [6.07, 6.45) is 1.89. The Morgan fingerprint density at radius 1 is 0.519 bits per heavy atom. The van der Waals surface area contributed by atoms with Gasteiger partial charge in [-0.2, -0.15) is 0 Å². The predicted molar refractivity (Wildman–Crippen MR) is 219 cm³/mol. The fraction of sp³-hybridized carbons (Fsp3) is 0.0213. The van der Waals surface area contributed by atoms with E-state index in [1.807, 2.05) is 48.7 Å². The maximum absolute atomic E-state index is 6.40. The molecule has 10 aromatic rings. The molecule has 0 amide bonds. The molecule has 0 radical (unpaired) electrons. The summed E-state index contributed by atoms with van der Waals surface area (Å²) < 4.78 is 11.2. The van der Waals surface area contributed by atoms with Crippen LogP contribution >= 0.6 is 0 Å². The molecular formula is C47H32N4O. The molecule has 10 rings (SSSR count). The maximum atomic E-state index is 6.40. The van der Waals surface area contributed by atoms with Gasteiger partial charge < -0.3 is 13.6 Å². The molecule has 0 spiro atoms. The molecule has 0 aliphatic carbocycles. The average Bonchev–Trinajstić information content (AvgIpc) is 3.85. The fourth-order valence-electron chi connectivity index (χ4n) is 7.83. The summed E-state index contributed by atoms with van der Waals surface area (Å²) in [7, 11) is 0. The number of hydrogen-bond donors (Lipinski definition) is 0. The minimum atomic E-state index is 0.589. The zero-order valence-electron chi connectivity index (χ0n) is 28.5. The molecular weight excluding hydrogens is 637 g/mol. The van der Waals surface area contributed by atoms with Crippen molar-refractivity contribution in [2.24, 2.45) is 9.98 Å². The number of aromatic nitrogens is 2. The molecule has 3 aromatic heterocycles. The Labute approximate surface area is 299 Å².